The zero-order valence-electron chi connectivity index (χ0n) is 25.1. The Morgan fingerprint density at radius 3 is 0.917 bits per heavy atom. The monoisotopic (exact) mass is 552 g/mol. The van der Waals surface area contributed by atoms with E-state index in [-0.39, 0.29) is 42.7 Å². The summed E-state index contributed by atoms with van der Waals surface area (Å²) < 4.78 is 37.2. The minimum Gasteiger partial charge on any atom is -0.371 e. The van der Waals surface area contributed by atoms with Crippen molar-refractivity contribution in [3.05, 3.63) is 0 Å². The van der Waals surface area contributed by atoms with Crippen LogP contribution in [-0.2, 0) is 26.6 Å². The van der Waals surface area contributed by atoms with Crippen molar-refractivity contribution in [2.75, 3.05) is 13.1 Å². The molecule has 0 aliphatic rings. The van der Waals surface area contributed by atoms with Gasteiger partial charge in [-0.15, -0.1) is 0 Å². The van der Waals surface area contributed by atoms with Crippen LogP contribution in [0.25, 0.3) is 0 Å². The molecule has 0 fully saturated rings. The van der Waals surface area contributed by atoms with Gasteiger partial charge in [-0.3, -0.25) is 0 Å². The largest absolute Gasteiger partial charge is 0.501 e. The minimum atomic E-state index is -2.86. The predicted molar refractivity (Wildman–Crippen MR) is 149 cm³/mol. The number of nitrogens with one attached hydrogen (secondary N) is 2. The number of rotatable bonds is 20. The van der Waals surface area contributed by atoms with Crippen LogP contribution in [0.4, 0.5) is 4.79 Å². The summed E-state index contributed by atoms with van der Waals surface area (Å²) in [5, 5.41) is 5.87. The van der Waals surface area contributed by atoms with Crippen LogP contribution < -0.4 is 10.6 Å². The molecule has 9 nitrogen and oxygen atoms in total. The number of hydrogen-bond acceptors (Lipinski definition) is 7. The standard InChI is InChI=1S/C25H56N2O7Si2/c1-19(2)29-35(30-20(3)4,31-21(5)6)17-13-15-26-25(28)27-16-14-18-36(32-22(7)8,33-23(9)10)34-24(11)12/h19-24H,13-18H2,1-12H3,(H2,26,27,28). The van der Waals surface area contributed by atoms with Gasteiger partial charge in [0, 0.05) is 61.8 Å². The molecule has 36 heavy (non-hydrogen) atoms. The van der Waals surface area contributed by atoms with E-state index in [2.05, 4.69) is 10.6 Å². The number of urea groups is 1. The molecule has 0 aliphatic heterocycles. The molecule has 0 aromatic rings. The van der Waals surface area contributed by atoms with Crippen molar-refractivity contribution >= 4 is 23.6 Å². The number of carbonyl (C=O) groups excluding carboxylic acids is 1. The summed E-state index contributed by atoms with van der Waals surface area (Å²) >= 11 is 0. The lowest BCUT2D eigenvalue weighted by molar-refractivity contribution is 0.00183. The zero-order valence-corrected chi connectivity index (χ0v) is 27.1. The zero-order chi connectivity index (χ0) is 27.9. The first kappa shape index (κ1) is 35.5. The van der Waals surface area contributed by atoms with Gasteiger partial charge >= 0.3 is 23.6 Å². The van der Waals surface area contributed by atoms with E-state index in [0.717, 1.165) is 0 Å². The van der Waals surface area contributed by atoms with Gasteiger partial charge in [0.05, 0.1) is 0 Å². The molecule has 0 aromatic carbocycles. The molecule has 0 saturated heterocycles. The molecule has 0 saturated carbocycles. The summed E-state index contributed by atoms with van der Waals surface area (Å²) in [4.78, 5) is 12.4. The molecular weight excluding hydrogens is 496 g/mol. The molecule has 0 aromatic heterocycles. The minimum absolute atomic E-state index is 0.000111. The van der Waals surface area contributed by atoms with E-state index in [1.54, 1.807) is 0 Å². The second-order valence-corrected chi connectivity index (χ2v) is 15.9. The topological polar surface area (TPSA) is 96.5 Å². The molecule has 0 bridgehead atoms. The fourth-order valence-corrected chi connectivity index (χ4v) is 10.3. The number of carbonyl (C=O) groups is 1. The second-order valence-electron chi connectivity index (χ2n) is 10.8. The Balaban J connectivity index is 4.75. The molecule has 0 aliphatic carbocycles. The van der Waals surface area contributed by atoms with Gasteiger partial charge in [-0.2, -0.15) is 0 Å². The van der Waals surface area contributed by atoms with Gasteiger partial charge in [0.1, 0.15) is 0 Å². The van der Waals surface area contributed by atoms with Crippen molar-refractivity contribution in [2.24, 2.45) is 0 Å². The third kappa shape index (κ3) is 17.1. The van der Waals surface area contributed by atoms with Crippen molar-refractivity contribution in [1.29, 1.82) is 0 Å². The van der Waals surface area contributed by atoms with E-state index < -0.39 is 17.6 Å². The molecule has 2 N–H and O–H groups in total. The van der Waals surface area contributed by atoms with E-state index in [9.17, 15) is 4.79 Å². The van der Waals surface area contributed by atoms with Gasteiger partial charge in [-0.05, 0) is 95.9 Å². The molecule has 0 atom stereocenters. The van der Waals surface area contributed by atoms with Crippen LogP contribution in [0, 0.1) is 0 Å². The van der Waals surface area contributed by atoms with Gasteiger partial charge in [0.2, 0.25) is 0 Å². The smallest absolute Gasteiger partial charge is 0.371 e. The van der Waals surface area contributed by atoms with Crippen molar-refractivity contribution < 1.29 is 31.4 Å². The quantitative estimate of drug-likeness (QED) is 0.152. The maximum atomic E-state index is 12.4. The van der Waals surface area contributed by atoms with Gasteiger partial charge in [0.25, 0.3) is 0 Å². The highest BCUT2D eigenvalue weighted by atomic mass is 28.4. The fourth-order valence-electron chi connectivity index (χ4n) is 3.75. The second kappa shape index (κ2) is 17.9. The third-order valence-electron chi connectivity index (χ3n) is 4.38. The molecule has 0 radical (unpaired) electrons. The first-order valence-corrected chi connectivity index (χ1v) is 17.5. The Morgan fingerprint density at radius 2 is 0.722 bits per heavy atom. The number of hydrogen-bond donors (Lipinski definition) is 2. The Hall–Kier alpha value is -0.536. The van der Waals surface area contributed by atoms with Crippen LogP contribution in [0.15, 0.2) is 0 Å². The van der Waals surface area contributed by atoms with Crippen LogP contribution in [-0.4, -0.2) is 73.4 Å². The van der Waals surface area contributed by atoms with Crippen molar-refractivity contribution in [2.45, 2.75) is 145 Å². The van der Waals surface area contributed by atoms with Crippen molar-refractivity contribution in [3.63, 3.8) is 0 Å². The third-order valence-corrected chi connectivity index (χ3v) is 11.3. The highest BCUT2D eigenvalue weighted by molar-refractivity contribution is 6.61. The highest BCUT2D eigenvalue weighted by Crippen LogP contribution is 2.24. The van der Waals surface area contributed by atoms with Crippen LogP contribution >= 0.6 is 0 Å². The van der Waals surface area contributed by atoms with E-state index in [1.165, 1.54) is 0 Å². The molecule has 0 spiro atoms. The molecular formula is C25H56N2O7Si2. The predicted octanol–water partition coefficient (Wildman–Crippen LogP) is 5.49. The molecule has 2 amide bonds. The highest BCUT2D eigenvalue weighted by Gasteiger charge is 2.44. The molecule has 11 heteroatoms. The van der Waals surface area contributed by atoms with Crippen LogP contribution in [0.5, 0.6) is 0 Å². The van der Waals surface area contributed by atoms with Crippen LogP contribution in [0.2, 0.25) is 12.1 Å². The normalized spacial score (nSPS) is 13.2. The summed E-state index contributed by atoms with van der Waals surface area (Å²) in [7, 11) is -5.72. The molecule has 0 unspecified atom stereocenters. The first-order chi connectivity index (χ1) is 16.6. The first-order valence-electron chi connectivity index (χ1n) is 13.7. The molecule has 216 valence electrons. The van der Waals surface area contributed by atoms with Crippen LogP contribution in [0.1, 0.15) is 95.9 Å². The van der Waals surface area contributed by atoms with Gasteiger partial charge in [-0.25, -0.2) is 4.79 Å². The lowest BCUT2D eigenvalue weighted by atomic mass is 10.4. The van der Waals surface area contributed by atoms with Gasteiger partial charge in [0.15, 0.2) is 0 Å². The Morgan fingerprint density at radius 1 is 0.500 bits per heavy atom. The lowest BCUT2D eigenvalue weighted by Gasteiger charge is -2.34. The van der Waals surface area contributed by atoms with Gasteiger partial charge in [-0.1, -0.05) is 0 Å². The van der Waals surface area contributed by atoms with E-state index in [1.807, 2.05) is 83.1 Å². The summed E-state index contributed by atoms with van der Waals surface area (Å²) in [5.41, 5.74) is 0. The van der Waals surface area contributed by atoms with Gasteiger partial charge < -0.3 is 37.2 Å². The maximum Gasteiger partial charge on any atom is 0.501 e. The van der Waals surface area contributed by atoms with Crippen LogP contribution in [0.3, 0.4) is 0 Å². The summed E-state index contributed by atoms with van der Waals surface area (Å²) in [6.07, 6.45) is 1.41. The van der Waals surface area contributed by atoms with E-state index in [4.69, 9.17) is 26.6 Å². The fraction of sp³-hybridized carbons (Fsp3) is 0.960. The van der Waals surface area contributed by atoms with E-state index in [0.29, 0.717) is 38.0 Å². The number of amides is 2. The van der Waals surface area contributed by atoms with Crippen molar-refractivity contribution in [3.8, 4) is 0 Å². The Bertz CT molecular complexity index is 490. The lowest BCUT2D eigenvalue weighted by Crippen LogP contribution is -2.51. The summed E-state index contributed by atoms with van der Waals surface area (Å²) in [6.45, 7) is 24.9. The molecule has 0 rings (SSSR count). The van der Waals surface area contributed by atoms with Crippen molar-refractivity contribution in [1.82, 2.24) is 10.6 Å². The summed E-state index contributed by atoms with van der Waals surface area (Å²) in [5.74, 6) is 0. The maximum absolute atomic E-state index is 12.4. The Kier molecular flexibility index (Phi) is 17.6. The molecule has 0 heterocycles. The average Bonchev–Trinajstić information content (AvgIpc) is 2.65. The average molecular weight is 553 g/mol. The Labute approximate surface area is 223 Å². The van der Waals surface area contributed by atoms with E-state index >= 15 is 0 Å². The summed E-state index contributed by atoms with van der Waals surface area (Å²) in [6, 6.07) is 1.08. The SMILES string of the molecule is CC(C)O[Si](CCCNC(=O)NCCC[Si](OC(C)C)(OC(C)C)OC(C)C)(OC(C)C)OC(C)C.